The van der Waals surface area contributed by atoms with Crippen LogP contribution in [-0.2, 0) is 21.1 Å². The molecule has 0 bridgehead atoms. The van der Waals surface area contributed by atoms with E-state index in [9.17, 15) is 13.2 Å². The van der Waals surface area contributed by atoms with Gasteiger partial charge in [-0.1, -0.05) is 18.2 Å². The zero-order valence-electron chi connectivity index (χ0n) is 11.2. The summed E-state index contributed by atoms with van der Waals surface area (Å²) in [7, 11) is -3.25. The topological polar surface area (TPSA) is 63.2 Å². The van der Waals surface area contributed by atoms with E-state index in [4.69, 9.17) is 0 Å². The number of rotatable bonds is 6. The standard InChI is InChI=1S/C14H19NO3S/c1-4-9-15-14(16)10-12-5-7-13(8-6-12)19(17,18)11(2)3/h4-8,11H,1,9-10H2,2-3H3,(H,15,16). The third-order valence-electron chi connectivity index (χ3n) is 2.68. The van der Waals surface area contributed by atoms with Crippen molar-refractivity contribution < 1.29 is 13.2 Å². The average Bonchev–Trinajstić information content (AvgIpc) is 2.36. The lowest BCUT2D eigenvalue weighted by molar-refractivity contribution is -0.120. The molecule has 0 heterocycles. The first kappa shape index (κ1) is 15.4. The SMILES string of the molecule is C=CCNC(=O)Cc1ccc(S(=O)(=O)C(C)C)cc1. The van der Waals surface area contributed by atoms with Gasteiger partial charge in [-0.05, 0) is 31.5 Å². The van der Waals surface area contributed by atoms with Gasteiger partial charge in [0.2, 0.25) is 5.91 Å². The Balaban J connectivity index is 2.77. The minimum atomic E-state index is -3.25. The second-order valence-electron chi connectivity index (χ2n) is 4.51. The van der Waals surface area contributed by atoms with Crippen LogP contribution in [0.2, 0.25) is 0 Å². The molecule has 0 aliphatic carbocycles. The van der Waals surface area contributed by atoms with Gasteiger partial charge in [-0.3, -0.25) is 4.79 Å². The molecule has 1 aromatic rings. The fraction of sp³-hybridized carbons (Fsp3) is 0.357. The molecule has 4 nitrogen and oxygen atoms in total. The maximum absolute atomic E-state index is 11.9. The molecule has 0 atom stereocenters. The van der Waals surface area contributed by atoms with Crippen molar-refractivity contribution >= 4 is 15.7 Å². The fourth-order valence-corrected chi connectivity index (χ4v) is 2.56. The van der Waals surface area contributed by atoms with Crippen molar-refractivity contribution in [3.05, 3.63) is 42.5 Å². The third kappa shape index (κ3) is 4.21. The summed E-state index contributed by atoms with van der Waals surface area (Å²) in [6.45, 7) is 7.23. The van der Waals surface area contributed by atoms with E-state index in [0.29, 0.717) is 6.54 Å². The summed E-state index contributed by atoms with van der Waals surface area (Å²) >= 11 is 0. The normalized spacial score (nSPS) is 11.3. The van der Waals surface area contributed by atoms with Crippen molar-refractivity contribution in [2.45, 2.75) is 30.4 Å². The Labute approximate surface area is 114 Å². The van der Waals surface area contributed by atoms with E-state index in [1.807, 2.05) is 0 Å². The highest BCUT2D eigenvalue weighted by Crippen LogP contribution is 2.16. The quantitative estimate of drug-likeness (QED) is 0.807. The molecule has 0 fully saturated rings. The molecule has 5 heteroatoms. The molecule has 0 saturated carbocycles. The van der Waals surface area contributed by atoms with Gasteiger partial charge in [-0.2, -0.15) is 0 Å². The van der Waals surface area contributed by atoms with Gasteiger partial charge in [-0.25, -0.2) is 8.42 Å². The highest BCUT2D eigenvalue weighted by atomic mass is 32.2. The molecule has 0 aliphatic rings. The van der Waals surface area contributed by atoms with Crippen molar-refractivity contribution in [2.75, 3.05) is 6.54 Å². The van der Waals surface area contributed by atoms with Crippen LogP contribution >= 0.6 is 0 Å². The Hall–Kier alpha value is -1.62. The molecule has 0 spiro atoms. The summed E-state index contributed by atoms with van der Waals surface area (Å²) in [6, 6.07) is 6.43. The van der Waals surface area contributed by atoms with Crippen LogP contribution in [0.5, 0.6) is 0 Å². The van der Waals surface area contributed by atoms with Gasteiger partial charge in [0.1, 0.15) is 0 Å². The average molecular weight is 281 g/mol. The Bertz CT molecular complexity index is 545. The van der Waals surface area contributed by atoms with E-state index in [1.165, 1.54) is 0 Å². The fourth-order valence-electron chi connectivity index (χ4n) is 1.50. The van der Waals surface area contributed by atoms with Crippen molar-refractivity contribution in [1.82, 2.24) is 5.32 Å². The first-order valence-corrected chi connectivity index (χ1v) is 7.63. The molecule has 104 valence electrons. The van der Waals surface area contributed by atoms with E-state index < -0.39 is 15.1 Å². The molecule has 19 heavy (non-hydrogen) atoms. The Kier molecular flexibility index (Phi) is 5.30. The predicted molar refractivity (Wildman–Crippen MR) is 75.7 cm³/mol. The van der Waals surface area contributed by atoms with Gasteiger partial charge in [0.05, 0.1) is 16.6 Å². The molecule has 1 rings (SSSR count). The summed E-state index contributed by atoms with van der Waals surface area (Å²) < 4.78 is 23.8. The van der Waals surface area contributed by atoms with Gasteiger partial charge in [-0.15, -0.1) is 6.58 Å². The van der Waals surface area contributed by atoms with Crippen LogP contribution in [-0.4, -0.2) is 26.1 Å². The lowest BCUT2D eigenvalue weighted by atomic mass is 10.1. The molecule has 0 radical (unpaired) electrons. The number of benzene rings is 1. The van der Waals surface area contributed by atoms with Gasteiger partial charge in [0.15, 0.2) is 9.84 Å². The van der Waals surface area contributed by atoms with Gasteiger partial charge >= 0.3 is 0 Å². The lowest BCUT2D eigenvalue weighted by Gasteiger charge is -2.08. The minimum absolute atomic E-state index is 0.112. The first-order valence-electron chi connectivity index (χ1n) is 6.08. The van der Waals surface area contributed by atoms with Crippen molar-refractivity contribution in [3.8, 4) is 0 Å². The van der Waals surface area contributed by atoms with Gasteiger partial charge in [0.25, 0.3) is 0 Å². The maximum Gasteiger partial charge on any atom is 0.224 e. The van der Waals surface area contributed by atoms with Crippen molar-refractivity contribution in [1.29, 1.82) is 0 Å². The van der Waals surface area contributed by atoms with E-state index in [1.54, 1.807) is 44.2 Å². The summed E-state index contributed by atoms with van der Waals surface area (Å²) in [4.78, 5) is 11.8. The Morgan fingerprint density at radius 2 is 1.89 bits per heavy atom. The number of hydrogen-bond donors (Lipinski definition) is 1. The number of hydrogen-bond acceptors (Lipinski definition) is 3. The molecule has 1 amide bonds. The van der Waals surface area contributed by atoms with E-state index >= 15 is 0 Å². The van der Waals surface area contributed by atoms with Crippen LogP contribution in [0.4, 0.5) is 0 Å². The smallest absolute Gasteiger partial charge is 0.224 e. The van der Waals surface area contributed by atoms with Crippen molar-refractivity contribution in [3.63, 3.8) is 0 Å². The zero-order valence-corrected chi connectivity index (χ0v) is 12.0. The van der Waals surface area contributed by atoms with Crippen LogP contribution in [0, 0.1) is 0 Å². The van der Waals surface area contributed by atoms with Crippen LogP contribution in [0.1, 0.15) is 19.4 Å². The second kappa shape index (κ2) is 6.52. The molecule has 0 aromatic heterocycles. The molecule has 1 aromatic carbocycles. The first-order chi connectivity index (χ1) is 8.87. The molecule has 1 N–H and O–H groups in total. The number of nitrogens with one attached hydrogen (secondary N) is 1. The van der Waals surface area contributed by atoms with Gasteiger partial charge < -0.3 is 5.32 Å². The Morgan fingerprint density at radius 3 is 2.37 bits per heavy atom. The van der Waals surface area contributed by atoms with E-state index in [-0.39, 0.29) is 17.2 Å². The maximum atomic E-state index is 11.9. The van der Waals surface area contributed by atoms with Gasteiger partial charge in [0, 0.05) is 6.54 Å². The summed E-state index contributed by atoms with van der Waals surface area (Å²) in [5.74, 6) is -0.112. The number of amides is 1. The predicted octanol–water partition coefficient (Wildman–Crippen LogP) is 1.71. The van der Waals surface area contributed by atoms with Crippen LogP contribution in [0.3, 0.4) is 0 Å². The number of sulfone groups is 1. The summed E-state index contributed by atoms with van der Waals surface area (Å²) in [5.41, 5.74) is 0.782. The van der Waals surface area contributed by atoms with Crippen molar-refractivity contribution in [2.24, 2.45) is 0 Å². The monoisotopic (exact) mass is 281 g/mol. The molecule has 0 aliphatic heterocycles. The number of carbonyl (C=O) groups excluding carboxylic acids is 1. The Morgan fingerprint density at radius 1 is 1.32 bits per heavy atom. The molecular weight excluding hydrogens is 262 g/mol. The summed E-state index contributed by atoms with van der Waals surface area (Å²) in [5, 5.41) is 2.22. The minimum Gasteiger partial charge on any atom is -0.352 e. The summed E-state index contributed by atoms with van der Waals surface area (Å²) in [6.07, 6.45) is 1.84. The zero-order chi connectivity index (χ0) is 14.5. The second-order valence-corrected chi connectivity index (χ2v) is 7.01. The molecular formula is C14H19NO3S. The van der Waals surface area contributed by atoms with E-state index in [0.717, 1.165) is 5.56 Å². The highest BCUT2D eigenvalue weighted by molar-refractivity contribution is 7.92. The number of carbonyl (C=O) groups is 1. The molecule has 0 unspecified atom stereocenters. The van der Waals surface area contributed by atoms with E-state index in [2.05, 4.69) is 11.9 Å². The highest BCUT2D eigenvalue weighted by Gasteiger charge is 2.18. The largest absolute Gasteiger partial charge is 0.352 e. The lowest BCUT2D eigenvalue weighted by Crippen LogP contribution is -2.24. The third-order valence-corrected chi connectivity index (χ3v) is 4.85. The van der Waals surface area contributed by atoms with Crippen LogP contribution < -0.4 is 5.32 Å². The molecule has 0 saturated heterocycles. The van der Waals surface area contributed by atoms with Crippen LogP contribution in [0.15, 0.2) is 41.8 Å². The van der Waals surface area contributed by atoms with Crippen LogP contribution in [0.25, 0.3) is 0 Å².